The summed E-state index contributed by atoms with van der Waals surface area (Å²) in [5.74, 6) is 0.972. The fourth-order valence-corrected chi connectivity index (χ4v) is 2.62. The zero-order valence-electron chi connectivity index (χ0n) is 12.7. The highest BCUT2D eigenvalue weighted by Gasteiger charge is 2.24. The van der Waals surface area contributed by atoms with Crippen molar-refractivity contribution in [2.24, 2.45) is 0 Å². The Labute approximate surface area is 134 Å². The van der Waals surface area contributed by atoms with Gasteiger partial charge in [-0.1, -0.05) is 15.9 Å². The van der Waals surface area contributed by atoms with Crippen molar-refractivity contribution in [3.63, 3.8) is 0 Å². The van der Waals surface area contributed by atoms with Gasteiger partial charge in [0.05, 0.1) is 0 Å². The van der Waals surface area contributed by atoms with E-state index in [2.05, 4.69) is 31.1 Å². The van der Waals surface area contributed by atoms with E-state index in [-0.39, 0.29) is 12.1 Å². The van der Waals surface area contributed by atoms with E-state index in [9.17, 15) is 4.79 Å². The Morgan fingerprint density at radius 3 is 2.67 bits per heavy atom. The smallest absolute Gasteiger partial charge is 0.407 e. The first-order chi connectivity index (χ1) is 9.83. The number of carbonyl (C=O) groups is 1. The van der Waals surface area contributed by atoms with E-state index in [1.54, 1.807) is 6.20 Å². The van der Waals surface area contributed by atoms with Crippen LogP contribution in [-0.2, 0) is 4.74 Å². The van der Waals surface area contributed by atoms with E-state index in [0.29, 0.717) is 0 Å². The molecular weight excluding hydrogens is 334 g/mol. The lowest BCUT2D eigenvalue weighted by Gasteiger charge is -2.33. The molecule has 1 fully saturated rings. The predicted molar refractivity (Wildman–Crippen MR) is 86.5 cm³/mol. The largest absolute Gasteiger partial charge is 0.444 e. The number of nitrogens with zero attached hydrogens (tertiary/aromatic N) is 2. The van der Waals surface area contributed by atoms with Crippen LogP contribution >= 0.6 is 15.9 Å². The van der Waals surface area contributed by atoms with Crippen molar-refractivity contribution in [3.05, 3.63) is 22.8 Å². The highest BCUT2D eigenvalue weighted by Crippen LogP contribution is 2.21. The number of amides is 1. The molecule has 0 unspecified atom stereocenters. The van der Waals surface area contributed by atoms with Crippen molar-refractivity contribution in [1.29, 1.82) is 0 Å². The number of pyridine rings is 1. The number of aromatic nitrogens is 1. The molecule has 5 nitrogen and oxygen atoms in total. The monoisotopic (exact) mass is 355 g/mol. The first kappa shape index (κ1) is 16.1. The fraction of sp³-hybridized carbons (Fsp3) is 0.600. The molecule has 2 rings (SSSR count). The molecule has 1 aromatic rings. The van der Waals surface area contributed by atoms with E-state index < -0.39 is 5.60 Å². The normalized spacial score (nSPS) is 16.7. The molecule has 2 heterocycles. The van der Waals surface area contributed by atoms with E-state index in [0.717, 1.165) is 36.2 Å². The summed E-state index contributed by atoms with van der Waals surface area (Å²) in [7, 11) is 0. The molecule has 1 saturated heterocycles. The number of carbonyl (C=O) groups excluding carboxylic acids is 1. The molecule has 0 aliphatic carbocycles. The maximum Gasteiger partial charge on any atom is 0.407 e. The fourth-order valence-electron chi connectivity index (χ4n) is 2.29. The minimum atomic E-state index is -0.453. The zero-order chi connectivity index (χ0) is 15.5. The minimum Gasteiger partial charge on any atom is -0.444 e. The lowest BCUT2D eigenvalue weighted by atomic mass is 10.1. The molecule has 0 atom stereocenters. The van der Waals surface area contributed by atoms with E-state index >= 15 is 0 Å². The quantitative estimate of drug-likeness (QED) is 0.883. The third-order valence-electron chi connectivity index (χ3n) is 3.25. The number of nitrogens with one attached hydrogen (secondary N) is 1. The van der Waals surface area contributed by atoms with Crippen LogP contribution in [0, 0.1) is 0 Å². The Hall–Kier alpha value is -1.30. The van der Waals surface area contributed by atoms with Crippen LogP contribution in [0.2, 0.25) is 0 Å². The molecule has 21 heavy (non-hydrogen) atoms. The van der Waals surface area contributed by atoms with Gasteiger partial charge < -0.3 is 15.0 Å². The molecule has 1 aliphatic heterocycles. The molecule has 1 aliphatic rings. The number of alkyl carbamates (subject to hydrolysis) is 1. The molecule has 1 N–H and O–H groups in total. The van der Waals surface area contributed by atoms with Gasteiger partial charge in [-0.05, 0) is 45.7 Å². The molecular formula is C15H22BrN3O2. The maximum absolute atomic E-state index is 11.8. The number of hydrogen-bond donors (Lipinski definition) is 1. The topological polar surface area (TPSA) is 54.5 Å². The van der Waals surface area contributed by atoms with Crippen LogP contribution in [0.5, 0.6) is 0 Å². The second-order valence-corrected chi connectivity index (χ2v) is 7.16. The summed E-state index contributed by atoms with van der Waals surface area (Å²) in [5, 5.41) is 2.94. The lowest BCUT2D eigenvalue weighted by molar-refractivity contribution is 0.0497. The van der Waals surface area contributed by atoms with Crippen molar-refractivity contribution >= 4 is 27.8 Å². The summed E-state index contributed by atoms with van der Waals surface area (Å²) in [4.78, 5) is 18.4. The van der Waals surface area contributed by atoms with Gasteiger partial charge in [0.25, 0.3) is 0 Å². The van der Waals surface area contributed by atoms with Gasteiger partial charge in [-0.15, -0.1) is 0 Å². The summed E-state index contributed by atoms with van der Waals surface area (Å²) in [6.45, 7) is 7.37. The summed E-state index contributed by atoms with van der Waals surface area (Å²) >= 11 is 3.46. The summed E-state index contributed by atoms with van der Waals surface area (Å²) in [6.07, 6.45) is 3.26. The van der Waals surface area contributed by atoms with Gasteiger partial charge in [0, 0.05) is 29.8 Å². The first-order valence-corrected chi connectivity index (χ1v) is 7.99. The van der Waals surface area contributed by atoms with Crippen LogP contribution in [0.15, 0.2) is 22.8 Å². The summed E-state index contributed by atoms with van der Waals surface area (Å²) in [5.41, 5.74) is -0.453. The number of ether oxygens (including phenoxy) is 1. The van der Waals surface area contributed by atoms with Gasteiger partial charge in [-0.3, -0.25) is 0 Å². The number of halogens is 1. The summed E-state index contributed by atoms with van der Waals surface area (Å²) < 4.78 is 6.31. The Morgan fingerprint density at radius 2 is 2.10 bits per heavy atom. The van der Waals surface area contributed by atoms with Gasteiger partial charge in [0.1, 0.15) is 11.4 Å². The average Bonchev–Trinajstić information content (AvgIpc) is 2.37. The third-order valence-corrected chi connectivity index (χ3v) is 3.74. The van der Waals surface area contributed by atoms with Gasteiger partial charge in [0.2, 0.25) is 0 Å². The highest BCUT2D eigenvalue weighted by molar-refractivity contribution is 9.10. The van der Waals surface area contributed by atoms with E-state index in [1.807, 2.05) is 32.9 Å². The lowest BCUT2D eigenvalue weighted by Crippen LogP contribution is -2.46. The van der Waals surface area contributed by atoms with Gasteiger partial charge >= 0.3 is 6.09 Å². The van der Waals surface area contributed by atoms with Crippen molar-refractivity contribution in [1.82, 2.24) is 10.3 Å². The minimum absolute atomic E-state index is 0.170. The number of rotatable bonds is 2. The van der Waals surface area contributed by atoms with Crippen molar-refractivity contribution < 1.29 is 9.53 Å². The molecule has 0 bridgehead atoms. The van der Waals surface area contributed by atoms with Crippen LogP contribution in [-0.4, -0.2) is 35.8 Å². The Kier molecular flexibility index (Phi) is 5.08. The second kappa shape index (κ2) is 6.64. The van der Waals surface area contributed by atoms with Crippen molar-refractivity contribution in [2.45, 2.75) is 45.3 Å². The van der Waals surface area contributed by atoms with Crippen LogP contribution in [0.3, 0.4) is 0 Å². The molecule has 116 valence electrons. The van der Waals surface area contributed by atoms with Crippen LogP contribution in [0.1, 0.15) is 33.6 Å². The van der Waals surface area contributed by atoms with Crippen molar-refractivity contribution in [2.75, 3.05) is 18.0 Å². The van der Waals surface area contributed by atoms with Gasteiger partial charge in [0.15, 0.2) is 0 Å². The Morgan fingerprint density at radius 1 is 1.43 bits per heavy atom. The molecule has 0 radical (unpaired) electrons. The van der Waals surface area contributed by atoms with E-state index in [1.165, 1.54) is 0 Å². The van der Waals surface area contributed by atoms with Crippen LogP contribution in [0.25, 0.3) is 0 Å². The standard InChI is InChI=1S/C15H22BrN3O2/c1-15(2,3)21-14(20)18-12-5-8-19(9-6-12)13-10-11(16)4-7-17-13/h4,7,10,12H,5-6,8-9H2,1-3H3,(H,18,20). The SMILES string of the molecule is CC(C)(C)OC(=O)NC1CCN(c2cc(Br)ccn2)CC1. The number of anilines is 1. The van der Waals surface area contributed by atoms with Crippen molar-refractivity contribution in [3.8, 4) is 0 Å². The zero-order valence-corrected chi connectivity index (χ0v) is 14.3. The number of hydrogen-bond acceptors (Lipinski definition) is 4. The second-order valence-electron chi connectivity index (χ2n) is 6.24. The maximum atomic E-state index is 11.8. The Bertz CT molecular complexity index is 494. The average molecular weight is 356 g/mol. The molecule has 6 heteroatoms. The van der Waals surface area contributed by atoms with Gasteiger partial charge in [-0.25, -0.2) is 9.78 Å². The summed E-state index contributed by atoms with van der Waals surface area (Å²) in [6, 6.07) is 4.10. The Balaban J connectivity index is 1.82. The third kappa shape index (κ3) is 5.19. The molecule has 0 aromatic carbocycles. The first-order valence-electron chi connectivity index (χ1n) is 7.19. The highest BCUT2D eigenvalue weighted by atomic mass is 79.9. The predicted octanol–water partition coefficient (Wildman–Crippen LogP) is 3.34. The molecule has 1 aromatic heterocycles. The van der Waals surface area contributed by atoms with Crippen LogP contribution in [0.4, 0.5) is 10.6 Å². The number of piperidine rings is 1. The molecule has 1 amide bonds. The molecule has 0 spiro atoms. The van der Waals surface area contributed by atoms with Gasteiger partial charge in [-0.2, -0.15) is 0 Å². The van der Waals surface area contributed by atoms with E-state index in [4.69, 9.17) is 4.74 Å². The van der Waals surface area contributed by atoms with Crippen LogP contribution < -0.4 is 10.2 Å². The molecule has 0 saturated carbocycles.